The monoisotopic (exact) mass is 322 g/mol. The lowest BCUT2D eigenvalue weighted by molar-refractivity contribution is -0.385. The molecule has 7 nitrogen and oxygen atoms in total. The van der Waals surface area contributed by atoms with Gasteiger partial charge in [0.2, 0.25) is 0 Å². The van der Waals surface area contributed by atoms with Gasteiger partial charge in [-0.05, 0) is 19.1 Å². The van der Waals surface area contributed by atoms with E-state index in [1.807, 2.05) is 14.0 Å². The standard InChI is InChI=1S/C14H15ClN4O3/c1-9-10(7-16-18(9)3)8-17(2)14(20)12-5-4-11(15)6-13(12)19(21)22/h4-7H,8H2,1-3H3. The van der Waals surface area contributed by atoms with E-state index in [0.29, 0.717) is 6.54 Å². The minimum atomic E-state index is -0.609. The van der Waals surface area contributed by atoms with Crippen LogP contribution in [0.3, 0.4) is 0 Å². The molecule has 116 valence electrons. The highest BCUT2D eigenvalue weighted by Crippen LogP contribution is 2.24. The van der Waals surface area contributed by atoms with Gasteiger partial charge in [0.05, 0.1) is 11.1 Å². The van der Waals surface area contributed by atoms with Gasteiger partial charge in [-0.15, -0.1) is 0 Å². The zero-order valence-corrected chi connectivity index (χ0v) is 13.2. The number of amides is 1. The summed E-state index contributed by atoms with van der Waals surface area (Å²) in [5.74, 6) is -0.438. The van der Waals surface area contributed by atoms with Gasteiger partial charge in [0, 0.05) is 43.0 Å². The summed E-state index contributed by atoms with van der Waals surface area (Å²) in [6.45, 7) is 2.21. The van der Waals surface area contributed by atoms with Crippen molar-refractivity contribution in [2.24, 2.45) is 7.05 Å². The Morgan fingerprint density at radius 1 is 1.50 bits per heavy atom. The Bertz CT molecular complexity index is 742. The molecule has 0 bridgehead atoms. The van der Waals surface area contributed by atoms with Crippen LogP contribution in [0.1, 0.15) is 21.6 Å². The van der Waals surface area contributed by atoms with Crippen molar-refractivity contribution in [1.82, 2.24) is 14.7 Å². The molecule has 0 unspecified atom stereocenters. The minimum Gasteiger partial charge on any atom is -0.337 e. The third kappa shape index (κ3) is 3.09. The summed E-state index contributed by atoms with van der Waals surface area (Å²) in [6.07, 6.45) is 1.68. The van der Waals surface area contributed by atoms with Crippen LogP contribution in [-0.2, 0) is 13.6 Å². The van der Waals surface area contributed by atoms with Gasteiger partial charge in [0.25, 0.3) is 11.6 Å². The largest absolute Gasteiger partial charge is 0.337 e. The molecule has 0 aliphatic carbocycles. The molecule has 1 aromatic carbocycles. The van der Waals surface area contributed by atoms with Crippen molar-refractivity contribution in [3.8, 4) is 0 Å². The van der Waals surface area contributed by atoms with Crippen molar-refractivity contribution in [2.45, 2.75) is 13.5 Å². The van der Waals surface area contributed by atoms with E-state index in [1.54, 1.807) is 17.9 Å². The van der Waals surface area contributed by atoms with Gasteiger partial charge in [0.1, 0.15) is 5.56 Å². The number of nitrogens with zero attached hydrogens (tertiary/aromatic N) is 4. The normalized spacial score (nSPS) is 10.5. The van der Waals surface area contributed by atoms with Gasteiger partial charge in [-0.25, -0.2) is 0 Å². The molecule has 0 N–H and O–H groups in total. The zero-order chi connectivity index (χ0) is 16.4. The van der Waals surface area contributed by atoms with Crippen LogP contribution < -0.4 is 0 Å². The summed E-state index contributed by atoms with van der Waals surface area (Å²) in [7, 11) is 3.40. The van der Waals surface area contributed by atoms with Crippen LogP contribution in [-0.4, -0.2) is 32.6 Å². The predicted molar refractivity (Wildman–Crippen MR) is 81.8 cm³/mol. The first-order valence-electron chi connectivity index (χ1n) is 6.48. The van der Waals surface area contributed by atoms with E-state index in [4.69, 9.17) is 11.6 Å². The summed E-state index contributed by atoms with van der Waals surface area (Å²) in [6, 6.07) is 4.01. The topological polar surface area (TPSA) is 81.3 Å². The summed E-state index contributed by atoms with van der Waals surface area (Å²) in [4.78, 5) is 24.3. The van der Waals surface area contributed by atoms with Crippen molar-refractivity contribution < 1.29 is 9.72 Å². The van der Waals surface area contributed by atoms with Crippen LogP contribution in [0.2, 0.25) is 5.02 Å². The quantitative estimate of drug-likeness (QED) is 0.640. The lowest BCUT2D eigenvalue weighted by Crippen LogP contribution is -2.27. The summed E-state index contributed by atoms with van der Waals surface area (Å²) in [5, 5.41) is 15.4. The molecule has 2 aromatic rings. The summed E-state index contributed by atoms with van der Waals surface area (Å²) >= 11 is 5.76. The lowest BCUT2D eigenvalue weighted by Gasteiger charge is -2.17. The average molecular weight is 323 g/mol. The van der Waals surface area contributed by atoms with E-state index in [1.165, 1.54) is 23.1 Å². The second-order valence-electron chi connectivity index (χ2n) is 4.96. The maximum atomic E-state index is 12.5. The molecule has 0 atom stereocenters. The molecule has 0 saturated heterocycles. The third-order valence-electron chi connectivity index (χ3n) is 3.48. The Balaban J connectivity index is 2.28. The smallest absolute Gasteiger partial charge is 0.283 e. The number of aryl methyl sites for hydroxylation is 1. The SMILES string of the molecule is Cc1c(CN(C)C(=O)c2ccc(Cl)cc2[N+](=O)[O-])cnn1C. The van der Waals surface area contributed by atoms with Gasteiger partial charge in [-0.2, -0.15) is 5.10 Å². The number of halogens is 1. The van der Waals surface area contributed by atoms with Crippen LogP contribution in [0.4, 0.5) is 5.69 Å². The fourth-order valence-corrected chi connectivity index (χ4v) is 2.24. The van der Waals surface area contributed by atoms with E-state index in [0.717, 1.165) is 11.3 Å². The molecule has 0 saturated carbocycles. The molecule has 0 aliphatic heterocycles. The molecule has 2 rings (SSSR count). The number of carbonyl (C=O) groups excluding carboxylic acids is 1. The number of aromatic nitrogens is 2. The molecule has 1 aromatic heterocycles. The molecule has 8 heteroatoms. The van der Waals surface area contributed by atoms with Crippen molar-refractivity contribution in [3.63, 3.8) is 0 Å². The van der Waals surface area contributed by atoms with Gasteiger partial charge in [-0.1, -0.05) is 11.6 Å². The number of hydrogen-bond donors (Lipinski definition) is 0. The highest BCUT2D eigenvalue weighted by Gasteiger charge is 2.23. The molecule has 0 aliphatic rings. The molecule has 0 radical (unpaired) electrons. The Morgan fingerprint density at radius 2 is 2.18 bits per heavy atom. The van der Waals surface area contributed by atoms with E-state index >= 15 is 0 Å². The van der Waals surface area contributed by atoms with E-state index in [2.05, 4.69) is 5.10 Å². The first-order valence-corrected chi connectivity index (χ1v) is 6.86. The molecule has 0 fully saturated rings. The first-order chi connectivity index (χ1) is 10.3. The fourth-order valence-electron chi connectivity index (χ4n) is 2.07. The van der Waals surface area contributed by atoms with Crippen LogP contribution in [0.15, 0.2) is 24.4 Å². The Kier molecular flexibility index (Phi) is 4.46. The maximum Gasteiger partial charge on any atom is 0.283 e. The Hall–Kier alpha value is -2.41. The van der Waals surface area contributed by atoms with E-state index < -0.39 is 10.8 Å². The fraction of sp³-hybridized carbons (Fsp3) is 0.286. The Morgan fingerprint density at radius 3 is 2.73 bits per heavy atom. The van der Waals surface area contributed by atoms with Crippen molar-refractivity contribution >= 4 is 23.2 Å². The highest BCUT2D eigenvalue weighted by atomic mass is 35.5. The molecule has 1 heterocycles. The second kappa shape index (κ2) is 6.15. The van der Waals surface area contributed by atoms with Crippen molar-refractivity contribution in [1.29, 1.82) is 0 Å². The number of rotatable bonds is 4. The molecular weight excluding hydrogens is 308 g/mol. The highest BCUT2D eigenvalue weighted by molar-refractivity contribution is 6.31. The minimum absolute atomic E-state index is 0.0124. The number of carbonyl (C=O) groups is 1. The molecule has 1 amide bonds. The average Bonchev–Trinajstić information content (AvgIpc) is 2.78. The molecule has 0 spiro atoms. The summed E-state index contributed by atoms with van der Waals surface area (Å²) < 4.78 is 1.71. The maximum absolute atomic E-state index is 12.5. The van der Waals surface area contributed by atoms with Gasteiger partial charge in [0.15, 0.2) is 0 Å². The van der Waals surface area contributed by atoms with Crippen LogP contribution in [0.5, 0.6) is 0 Å². The van der Waals surface area contributed by atoms with Crippen LogP contribution in [0.25, 0.3) is 0 Å². The van der Waals surface area contributed by atoms with E-state index in [-0.39, 0.29) is 16.3 Å². The summed E-state index contributed by atoms with van der Waals surface area (Å²) in [5.41, 5.74) is 1.53. The zero-order valence-electron chi connectivity index (χ0n) is 12.4. The number of benzene rings is 1. The number of nitro groups is 1. The lowest BCUT2D eigenvalue weighted by atomic mass is 10.1. The second-order valence-corrected chi connectivity index (χ2v) is 5.40. The molecule has 22 heavy (non-hydrogen) atoms. The number of hydrogen-bond acceptors (Lipinski definition) is 4. The van der Waals surface area contributed by atoms with Gasteiger partial charge >= 0.3 is 0 Å². The van der Waals surface area contributed by atoms with E-state index in [9.17, 15) is 14.9 Å². The van der Waals surface area contributed by atoms with Gasteiger partial charge in [-0.3, -0.25) is 19.6 Å². The number of nitro benzene ring substituents is 1. The van der Waals surface area contributed by atoms with Crippen LogP contribution in [0, 0.1) is 17.0 Å². The first kappa shape index (κ1) is 16.0. The van der Waals surface area contributed by atoms with Crippen LogP contribution >= 0.6 is 11.6 Å². The molecular formula is C14H15ClN4O3. The van der Waals surface area contributed by atoms with Crippen molar-refractivity contribution in [3.05, 3.63) is 56.4 Å². The predicted octanol–water partition coefficient (Wildman–Crippen LogP) is 2.56. The van der Waals surface area contributed by atoms with Gasteiger partial charge < -0.3 is 4.90 Å². The van der Waals surface area contributed by atoms with Crippen molar-refractivity contribution in [2.75, 3.05) is 7.05 Å². The Labute approximate surface area is 132 Å². The third-order valence-corrected chi connectivity index (χ3v) is 3.71.